The lowest BCUT2D eigenvalue weighted by molar-refractivity contribution is -0.174. The Balaban J connectivity index is 2.83. The van der Waals surface area contributed by atoms with Crippen LogP contribution in [0.25, 0.3) is 0 Å². The highest BCUT2D eigenvalue weighted by molar-refractivity contribution is 5.83. The number of nitrogens with one attached hydrogen (secondary N) is 2. The lowest BCUT2D eigenvalue weighted by Gasteiger charge is -2.15. The fraction of sp³-hybridized carbons (Fsp3) is 0.500. The van der Waals surface area contributed by atoms with Gasteiger partial charge in [-0.05, 0) is 6.42 Å². The van der Waals surface area contributed by atoms with E-state index in [9.17, 15) is 22.8 Å². The molecule has 0 radical (unpaired) electrons. The van der Waals surface area contributed by atoms with Crippen LogP contribution in [0.15, 0.2) is 0 Å². The van der Waals surface area contributed by atoms with E-state index in [-0.39, 0.29) is 12.2 Å². The standard InChI is InChI=1S/C8H9F3N4O3/c1-2-3(12-7(18)8(9,10)11)4-13-5(6(16)17)15-14-4/h3H,2H2,1H3,(H,12,18)(H,16,17)(H,13,14,15)/t3-/m0/s1. The number of alkyl halides is 3. The zero-order valence-electron chi connectivity index (χ0n) is 9.08. The van der Waals surface area contributed by atoms with E-state index in [0.29, 0.717) is 0 Å². The average Bonchev–Trinajstić information content (AvgIpc) is 2.73. The van der Waals surface area contributed by atoms with Crippen LogP contribution in [0.4, 0.5) is 13.2 Å². The number of amides is 1. The maximum Gasteiger partial charge on any atom is 0.471 e. The van der Waals surface area contributed by atoms with E-state index >= 15 is 0 Å². The van der Waals surface area contributed by atoms with Crippen LogP contribution in [0, 0.1) is 0 Å². The summed E-state index contributed by atoms with van der Waals surface area (Å²) in [6.45, 7) is 1.50. The number of H-pyrrole nitrogens is 1. The van der Waals surface area contributed by atoms with Gasteiger partial charge in [0.25, 0.3) is 5.82 Å². The summed E-state index contributed by atoms with van der Waals surface area (Å²) < 4.78 is 36.1. The van der Waals surface area contributed by atoms with Crippen LogP contribution in [0.2, 0.25) is 0 Å². The summed E-state index contributed by atoms with van der Waals surface area (Å²) in [5.41, 5.74) is 0. The molecule has 100 valence electrons. The molecule has 1 rings (SSSR count). The molecule has 0 fully saturated rings. The molecule has 0 aromatic carbocycles. The first-order chi connectivity index (χ1) is 8.25. The predicted octanol–water partition coefficient (Wildman–Crippen LogP) is 0.632. The molecular formula is C8H9F3N4O3. The van der Waals surface area contributed by atoms with Gasteiger partial charge in [0.15, 0.2) is 0 Å². The maximum absolute atomic E-state index is 12.0. The highest BCUT2D eigenvalue weighted by Crippen LogP contribution is 2.18. The van der Waals surface area contributed by atoms with E-state index < -0.39 is 29.9 Å². The van der Waals surface area contributed by atoms with Gasteiger partial charge in [-0.1, -0.05) is 6.92 Å². The van der Waals surface area contributed by atoms with E-state index in [1.54, 1.807) is 5.32 Å². The molecule has 0 aliphatic rings. The van der Waals surface area contributed by atoms with E-state index in [4.69, 9.17) is 5.11 Å². The molecule has 0 unspecified atom stereocenters. The highest BCUT2D eigenvalue weighted by Gasteiger charge is 2.40. The SMILES string of the molecule is CC[C@H](NC(=O)C(F)(F)F)c1nc(C(=O)O)n[nH]1. The van der Waals surface area contributed by atoms with Crippen molar-refractivity contribution in [2.24, 2.45) is 0 Å². The number of aromatic carboxylic acids is 1. The average molecular weight is 266 g/mol. The molecular weight excluding hydrogens is 257 g/mol. The van der Waals surface area contributed by atoms with Crippen molar-refractivity contribution in [1.82, 2.24) is 20.5 Å². The van der Waals surface area contributed by atoms with Crippen molar-refractivity contribution in [3.05, 3.63) is 11.6 Å². The van der Waals surface area contributed by atoms with Gasteiger partial charge in [0.05, 0.1) is 6.04 Å². The lowest BCUT2D eigenvalue weighted by atomic mass is 10.2. The normalized spacial score (nSPS) is 13.1. The van der Waals surface area contributed by atoms with E-state index in [1.165, 1.54) is 6.92 Å². The molecule has 0 aliphatic heterocycles. The van der Waals surface area contributed by atoms with Crippen LogP contribution in [-0.4, -0.2) is 38.3 Å². The lowest BCUT2D eigenvalue weighted by Crippen LogP contribution is -2.39. The number of hydrogen-bond acceptors (Lipinski definition) is 4. The fourth-order valence-electron chi connectivity index (χ4n) is 1.13. The van der Waals surface area contributed by atoms with Crippen molar-refractivity contribution in [1.29, 1.82) is 0 Å². The molecule has 0 spiro atoms. The largest absolute Gasteiger partial charge is 0.475 e. The third-order valence-corrected chi connectivity index (χ3v) is 2.00. The topological polar surface area (TPSA) is 108 Å². The highest BCUT2D eigenvalue weighted by atomic mass is 19.4. The number of aromatic amines is 1. The zero-order chi connectivity index (χ0) is 13.9. The van der Waals surface area contributed by atoms with Gasteiger partial charge in [-0.3, -0.25) is 9.89 Å². The molecule has 1 amide bonds. The second kappa shape index (κ2) is 5.02. The maximum atomic E-state index is 12.0. The number of halogens is 3. The summed E-state index contributed by atoms with van der Waals surface area (Å²) >= 11 is 0. The number of hydrogen-bond donors (Lipinski definition) is 3. The van der Waals surface area contributed by atoms with Crippen molar-refractivity contribution in [2.75, 3.05) is 0 Å². The Labute approximate surface area is 98.4 Å². The smallest absolute Gasteiger partial charge is 0.471 e. The van der Waals surface area contributed by atoms with Crippen LogP contribution >= 0.6 is 0 Å². The Bertz CT molecular complexity index is 457. The Morgan fingerprint density at radius 3 is 2.50 bits per heavy atom. The summed E-state index contributed by atoms with van der Waals surface area (Å²) in [4.78, 5) is 24.7. The van der Waals surface area contributed by atoms with Crippen molar-refractivity contribution >= 4 is 11.9 Å². The molecule has 10 heteroatoms. The summed E-state index contributed by atoms with van der Waals surface area (Å²) in [6.07, 6.45) is -4.92. The van der Waals surface area contributed by atoms with E-state index in [0.717, 1.165) is 0 Å². The minimum Gasteiger partial charge on any atom is -0.475 e. The molecule has 1 atom stereocenters. The predicted molar refractivity (Wildman–Crippen MR) is 50.6 cm³/mol. The van der Waals surface area contributed by atoms with Crippen molar-refractivity contribution in [3.63, 3.8) is 0 Å². The molecule has 0 saturated heterocycles. The summed E-state index contributed by atoms with van der Waals surface area (Å²) in [5, 5.41) is 15.7. The molecule has 1 aromatic heterocycles. The van der Waals surface area contributed by atoms with Gasteiger partial charge in [0.2, 0.25) is 0 Å². The van der Waals surface area contributed by atoms with Crippen molar-refractivity contribution in [3.8, 4) is 0 Å². The second-order valence-electron chi connectivity index (χ2n) is 3.28. The summed E-state index contributed by atoms with van der Waals surface area (Å²) in [7, 11) is 0. The number of carbonyl (C=O) groups is 2. The molecule has 3 N–H and O–H groups in total. The van der Waals surface area contributed by atoms with E-state index in [1.807, 2.05) is 0 Å². The van der Waals surface area contributed by atoms with Gasteiger partial charge in [-0.25, -0.2) is 9.78 Å². The van der Waals surface area contributed by atoms with Gasteiger partial charge in [-0.15, -0.1) is 5.10 Å². The molecule has 0 bridgehead atoms. The van der Waals surface area contributed by atoms with Crippen molar-refractivity contribution < 1.29 is 27.9 Å². The minimum atomic E-state index is -5.01. The molecule has 1 aromatic rings. The van der Waals surface area contributed by atoms with E-state index in [2.05, 4.69) is 15.2 Å². The van der Waals surface area contributed by atoms with Gasteiger partial charge >= 0.3 is 18.1 Å². The molecule has 0 saturated carbocycles. The van der Waals surface area contributed by atoms with Crippen LogP contribution in [-0.2, 0) is 4.79 Å². The molecule has 0 aliphatic carbocycles. The first-order valence-corrected chi connectivity index (χ1v) is 4.79. The second-order valence-corrected chi connectivity index (χ2v) is 3.28. The third-order valence-electron chi connectivity index (χ3n) is 2.00. The number of aromatic nitrogens is 3. The Morgan fingerprint density at radius 1 is 1.50 bits per heavy atom. The van der Waals surface area contributed by atoms with Crippen LogP contribution in [0.1, 0.15) is 35.8 Å². The Kier molecular flexibility index (Phi) is 3.89. The number of rotatable bonds is 4. The summed E-state index contributed by atoms with van der Waals surface area (Å²) in [5.74, 6) is -4.27. The van der Waals surface area contributed by atoms with Crippen molar-refractivity contribution in [2.45, 2.75) is 25.6 Å². The third kappa shape index (κ3) is 3.18. The van der Waals surface area contributed by atoms with Crippen LogP contribution in [0.5, 0.6) is 0 Å². The number of carboxylic acids is 1. The minimum absolute atomic E-state index is 0.0933. The van der Waals surface area contributed by atoms with Gasteiger partial charge in [0, 0.05) is 0 Å². The summed E-state index contributed by atoms with van der Waals surface area (Å²) in [6, 6.07) is -1.08. The first-order valence-electron chi connectivity index (χ1n) is 4.79. The van der Waals surface area contributed by atoms with Gasteiger partial charge < -0.3 is 10.4 Å². The number of carboxylic acid groups (broad SMARTS) is 1. The molecule has 7 nitrogen and oxygen atoms in total. The Morgan fingerprint density at radius 2 is 2.11 bits per heavy atom. The van der Waals surface area contributed by atoms with Crippen LogP contribution < -0.4 is 5.32 Å². The van der Waals surface area contributed by atoms with Gasteiger partial charge in [-0.2, -0.15) is 13.2 Å². The first kappa shape index (κ1) is 13.9. The molecule has 1 heterocycles. The number of nitrogens with zero attached hydrogens (tertiary/aromatic N) is 2. The number of carbonyl (C=O) groups excluding carboxylic acids is 1. The molecule has 18 heavy (non-hydrogen) atoms. The van der Waals surface area contributed by atoms with Gasteiger partial charge in [0.1, 0.15) is 5.82 Å². The van der Waals surface area contributed by atoms with Crippen LogP contribution in [0.3, 0.4) is 0 Å². The monoisotopic (exact) mass is 266 g/mol. The quantitative estimate of drug-likeness (QED) is 0.740. The Hall–Kier alpha value is -2.13. The zero-order valence-corrected chi connectivity index (χ0v) is 9.08. The fourth-order valence-corrected chi connectivity index (χ4v) is 1.13.